The fourth-order valence-electron chi connectivity index (χ4n) is 3.38. The highest BCUT2D eigenvalue weighted by molar-refractivity contribution is 9.10. The minimum absolute atomic E-state index is 0.0489. The molecule has 1 atom stereocenters. The number of amides is 2. The Morgan fingerprint density at radius 2 is 1.74 bits per heavy atom. The highest BCUT2D eigenvalue weighted by Gasteiger charge is 2.32. The smallest absolute Gasteiger partial charge is 0.244 e. The number of nitrogens with one attached hydrogen (secondary N) is 1. The first-order valence-corrected chi connectivity index (χ1v) is 14.0. The summed E-state index contributed by atoms with van der Waals surface area (Å²) < 4.78 is 26.8. The minimum atomic E-state index is -3.81. The highest BCUT2D eigenvalue weighted by atomic mass is 79.9. The topological polar surface area (TPSA) is 86.8 Å². The lowest BCUT2D eigenvalue weighted by Gasteiger charge is -2.33. The maximum atomic E-state index is 13.6. The molecule has 0 heterocycles. The molecule has 0 radical (unpaired) electrons. The van der Waals surface area contributed by atoms with E-state index >= 15 is 0 Å². The van der Waals surface area contributed by atoms with Crippen molar-refractivity contribution in [3.63, 3.8) is 0 Å². The van der Waals surface area contributed by atoms with Gasteiger partial charge in [0, 0.05) is 17.1 Å². The van der Waals surface area contributed by atoms with Crippen molar-refractivity contribution in [2.45, 2.75) is 45.8 Å². The molecule has 1 unspecified atom stereocenters. The maximum Gasteiger partial charge on any atom is 0.244 e. The molecule has 2 rings (SSSR count). The van der Waals surface area contributed by atoms with Gasteiger partial charge in [0.1, 0.15) is 12.6 Å². The van der Waals surface area contributed by atoms with Crippen LogP contribution in [-0.2, 0) is 26.2 Å². The lowest BCUT2D eigenvalue weighted by atomic mass is 10.1. The van der Waals surface area contributed by atoms with Crippen molar-refractivity contribution in [2.75, 3.05) is 17.1 Å². The molecule has 0 aromatic heterocycles. The van der Waals surface area contributed by atoms with E-state index in [1.54, 1.807) is 49.4 Å². The van der Waals surface area contributed by atoms with E-state index in [0.29, 0.717) is 32.2 Å². The zero-order valence-corrected chi connectivity index (χ0v) is 23.3. The summed E-state index contributed by atoms with van der Waals surface area (Å²) in [5.41, 5.74) is 0.984. The Morgan fingerprint density at radius 3 is 2.26 bits per heavy atom. The van der Waals surface area contributed by atoms with Crippen molar-refractivity contribution in [1.82, 2.24) is 10.2 Å². The molecule has 7 nitrogen and oxygen atoms in total. The first kappa shape index (κ1) is 28.4. The molecule has 0 saturated heterocycles. The van der Waals surface area contributed by atoms with Crippen LogP contribution in [0.5, 0.6) is 0 Å². The predicted molar refractivity (Wildman–Crippen MR) is 141 cm³/mol. The highest BCUT2D eigenvalue weighted by Crippen LogP contribution is 2.28. The quantitative estimate of drug-likeness (QED) is 0.427. The van der Waals surface area contributed by atoms with Crippen LogP contribution in [0.15, 0.2) is 46.9 Å². The summed E-state index contributed by atoms with van der Waals surface area (Å²) in [5, 5.41) is 3.52. The van der Waals surface area contributed by atoms with E-state index in [9.17, 15) is 18.0 Å². The van der Waals surface area contributed by atoms with Gasteiger partial charge in [-0.2, -0.15) is 0 Å². The van der Waals surface area contributed by atoms with Gasteiger partial charge >= 0.3 is 0 Å². The van der Waals surface area contributed by atoms with E-state index in [1.165, 1.54) is 4.90 Å². The molecule has 0 bridgehead atoms. The zero-order valence-electron chi connectivity index (χ0n) is 19.4. The average Bonchev–Trinajstić information content (AvgIpc) is 2.73. The van der Waals surface area contributed by atoms with E-state index in [-0.39, 0.29) is 18.5 Å². The molecule has 0 aliphatic heterocycles. The summed E-state index contributed by atoms with van der Waals surface area (Å²) in [7, 11) is -3.81. The van der Waals surface area contributed by atoms with E-state index in [0.717, 1.165) is 10.6 Å². The molecule has 2 amide bonds. The molecule has 0 saturated carbocycles. The van der Waals surface area contributed by atoms with E-state index in [4.69, 9.17) is 23.2 Å². The van der Waals surface area contributed by atoms with Crippen molar-refractivity contribution in [2.24, 2.45) is 0 Å². The number of carbonyl (C=O) groups excluding carboxylic acids is 2. The van der Waals surface area contributed by atoms with Crippen LogP contribution in [0.3, 0.4) is 0 Å². The first-order chi connectivity index (χ1) is 15.8. The second-order valence-electron chi connectivity index (χ2n) is 8.08. The number of hydrogen-bond acceptors (Lipinski definition) is 4. The molecule has 34 heavy (non-hydrogen) atoms. The first-order valence-electron chi connectivity index (χ1n) is 10.6. The number of benzene rings is 2. The third-order valence-electron chi connectivity index (χ3n) is 4.95. The molecular formula is C23H28BrCl2N3O4S. The largest absolute Gasteiger partial charge is 0.352 e. The Morgan fingerprint density at radius 1 is 1.09 bits per heavy atom. The standard InChI is InChI=1S/C23H28BrCl2N3O4S/c1-5-20(23(31)27-15(2)3)28(13-16-10-11-18(25)19(26)12-16)22(30)14-29(34(4,32)33)21-9-7-6-8-17(21)24/h6-12,15,20H,5,13-14H2,1-4H3,(H,27,31). The van der Waals surface area contributed by atoms with Crippen LogP contribution in [0, 0.1) is 0 Å². The Kier molecular flexibility index (Phi) is 10.2. The molecule has 2 aromatic rings. The second kappa shape index (κ2) is 12.2. The molecule has 0 aliphatic rings. The maximum absolute atomic E-state index is 13.6. The number of nitrogens with zero attached hydrogens (tertiary/aromatic N) is 2. The number of anilines is 1. The van der Waals surface area contributed by atoms with Crippen molar-refractivity contribution < 1.29 is 18.0 Å². The second-order valence-corrected chi connectivity index (χ2v) is 11.7. The average molecular weight is 593 g/mol. The van der Waals surface area contributed by atoms with Gasteiger partial charge in [0.25, 0.3) is 0 Å². The van der Waals surface area contributed by atoms with Gasteiger partial charge in [0.2, 0.25) is 21.8 Å². The monoisotopic (exact) mass is 591 g/mol. The number of carbonyl (C=O) groups is 2. The van der Waals surface area contributed by atoms with Gasteiger partial charge in [0.05, 0.1) is 22.0 Å². The van der Waals surface area contributed by atoms with Crippen LogP contribution < -0.4 is 9.62 Å². The normalized spacial score (nSPS) is 12.4. The predicted octanol–water partition coefficient (Wildman–Crippen LogP) is 4.85. The van der Waals surface area contributed by atoms with Crippen LogP contribution in [-0.4, -0.2) is 50.0 Å². The van der Waals surface area contributed by atoms with Crippen molar-refractivity contribution >= 4 is 66.7 Å². The molecular weight excluding hydrogens is 565 g/mol. The summed E-state index contributed by atoms with van der Waals surface area (Å²) in [6.07, 6.45) is 1.37. The van der Waals surface area contributed by atoms with Gasteiger partial charge < -0.3 is 10.2 Å². The fraction of sp³-hybridized carbons (Fsp3) is 0.391. The third kappa shape index (κ3) is 7.60. The summed E-state index contributed by atoms with van der Waals surface area (Å²) in [6.45, 7) is 5.02. The number of hydrogen-bond donors (Lipinski definition) is 1. The molecule has 186 valence electrons. The summed E-state index contributed by atoms with van der Waals surface area (Å²) in [5.74, 6) is -0.851. The lowest BCUT2D eigenvalue weighted by molar-refractivity contribution is -0.140. The van der Waals surface area contributed by atoms with Crippen molar-refractivity contribution in [1.29, 1.82) is 0 Å². The molecule has 2 aromatic carbocycles. The van der Waals surface area contributed by atoms with Crippen LogP contribution >= 0.6 is 39.1 Å². The molecule has 0 spiro atoms. The molecule has 0 aliphatic carbocycles. The summed E-state index contributed by atoms with van der Waals surface area (Å²) >= 11 is 15.5. The van der Waals surface area contributed by atoms with Crippen molar-refractivity contribution in [3.8, 4) is 0 Å². The van der Waals surface area contributed by atoms with Crippen LogP contribution in [0.4, 0.5) is 5.69 Å². The van der Waals surface area contributed by atoms with Crippen LogP contribution in [0.1, 0.15) is 32.8 Å². The van der Waals surface area contributed by atoms with Gasteiger partial charge in [0.15, 0.2) is 0 Å². The van der Waals surface area contributed by atoms with E-state index < -0.39 is 28.5 Å². The number of rotatable bonds is 10. The lowest BCUT2D eigenvalue weighted by Crippen LogP contribution is -2.53. The SMILES string of the molecule is CCC(C(=O)NC(C)C)N(Cc1ccc(Cl)c(Cl)c1)C(=O)CN(c1ccccc1Br)S(C)(=O)=O. The van der Waals surface area contributed by atoms with Gasteiger partial charge in [-0.25, -0.2) is 8.42 Å². The van der Waals surface area contributed by atoms with Gasteiger partial charge in [-0.05, 0) is 66.0 Å². The van der Waals surface area contributed by atoms with Crippen LogP contribution in [0.25, 0.3) is 0 Å². The molecule has 0 fully saturated rings. The number of sulfonamides is 1. The number of para-hydroxylation sites is 1. The Hall–Kier alpha value is -1.81. The zero-order chi connectivity index (χ0) is 25.6. The molecule has 11 heteroatoms. The molecule has 1 N–H and O–H groups in total. The minimum Gasteiger partial charge on any atom is -0.352 e. The van der Waals surface area contributed by atoms with Gasteiger partial charge in [-0.15, -0.1) is 0 Å². The van der Waals surface area contributed by atoms with Crippen LogP contribution in [0.2, 0.25) is 10.0 Å². The summed E-state index contributed by atoms with van der Waals surface area (Å²) in [4.78, 5) is 27.9. The van der Waals surface area contributed by atoms with E-state index in [2.05, 4.69) is 21.2 Å². The van der Waals surface area contributed by atoms with Crippen molar-refractivity contribution in [3.05, 3.63) is 62.5 Å². The fourth-order valence-corrected chi connectivity index (χ4v) is 5.18. The third-order valence-corrected chi connectivity index (χ3v) is 7.49. The Bertz CT molecular complexity index is 1140. The summed E-state index contributed by atoms with van der Waals surface area (Å²) in [6, 6.07) is 10.7. The van der Waals surface area contributed by atoms with E-state index in [1.807, 2.05) is 13.8 Å². The van der Waals surface area contributed by atoms with Gasteiger partial charge in [-0.3, -0.25) is 13.9 Å². The number of halogens is 3. The Labute approximate surface area is 219 Å². The Balaban J connectivity index is 2.48. The van der Waals surface area contributed by atoms with Gasteiger partial charge in [-0.1, -0.05) is 48.3 Å².